The molecule has 0 unspecified atom stereocenters. The zero-order valence-electron chi connectivity index (χ0n) is 10.8. The van der Waals surface area contributed by atoms with Gasteiger partial charge in [0.05, 0.1) is 6.61 Å². The monoisotopic (exact) mass is 260 g/mol. The lowest BCUT2D eigenvalue weighted by molar-refractivity contribution is -0.149. The van der Waals surface area contributed by atoms with Gasteiger partial charge in [-0.2, -0.15) is 0 Å². The molecule has 0 rings (SSSR count). The van der Waals surface area contributed by atoms with Crippen LogP contribution in [0.5, 0.6) is 0 Å². The van der Waals surface area contributed by atoms with Crippen molar-refractivity contribution in [3.05, 3.63) is 0 Å². The van der Waals surface area contributed by atoms with Crippen molar-refractivity contribution in [2.75, 3.05) is 6.61 Å². The Labute approximate surface area is 106 Å². The van der Waals surface area contributed by atoms with Gasteiger partial charge in [-0.3, -0.25) is 14.4 Å². The van der Waals surface area contributed by atoms with Crippen LogP contribution in [-0.4, -0.2) is 35.7 Å². The molecule has 0 bridgehead atoms. The fraction of sp³-hybridized carbons (Fsp3) is 0.750. The number of ether oxygens (including phenoxy) is 2. The minimum Gasteiger partial charge on any atom is -0.481 e. The van der Waals surface area contributed by atoms with E-state index in [-0.39, 0.29) is 31.1 Å². The van der Waals surface area contributed by atoms with Crippen molar-refractivity contribution in [1.29, 1.82) is 0 Å². The minimum atomic E-state index is -0.834. The van der Waals surface area contributed by atoms with Gasteiger partial charge >= 0.3 is 17.9 Å². The maximum absolute atomic E-state index is 10.9. The number of carbonyl (C=O) groups is 3. The fourth-order valence-corrected chi connectivity index (χ4v) is 1.48. The smallest absolute Gasteiger partial charge is 0.303 e. The lowest BCUT2D eigenvalue weighted by Gasteiger charge is -2.16. The molecule has 0 aromatic carbocycles. The quantitative estimate of drug-likeness (QED) is 0.499. The number of rotatable bonds is 9. The van der Waals surface area contributed by atoms with Gasteiger partial charge in [-0.1, -0.05) is 0 Å². The zero-order chi connectivity index (χ0) is 14.0. The number of hydrogen-bond acceptors (Lipinski definition) is 5. The van der Waals surface area contributed by atoms with Crippen molar-refractivity contribution in [2.24, 2.45) is 0 Å². The largest absolute Gasteiger partial charge is 0.481 e. The molecule has 1 N–H and O–H groups in total. The molecule has 0 aromatic heterocycles. The third kappa shape index (κ3) is 10.9. The standard InChI is InChI=1S/C12H20O6/c1-9(13)17-8-7-11(18-10(2)14)5-3-4-6-12(15)16/h11H,3-8H2,1-2H3,(H,15,16)/t11-/m1/s1. The summed E-state index contributed by atoms with van der Waals surface area (Å²) < 4.78 is 9.84. The first-order valence-corrected chi connectivity index (χ1v) is 5.94. The maximum Gasteiger partial charge on any atom is 0.303 e. The van der Waals surface area contributed by atoms with Crippen LogP contribution in [0.1, 0.15) is 46.0 Å². The van der Waals surface area contributed by atoms with E-state index in [9.17, 15) is 14.4 Å². The second kappa shape index (κ2) is 9.44. The fourth-order valence-electron chi connectivity index (χ4n) is 1.48. The van der Waals surface area contributed by atoms with Crippen LogP contribution in [0.25, 0.3) is 0 Å². The second-order valence-electron chi connectivity index (χ2n) is 4.00. The van der Waals surface area contributed by atoms with E-state index in [1.807, 2.05) is 0 Å². The Morgan fingerprint density at radius 1 is 1.06 bits per heavy atom. The van der Waals surface area contributed by atoms with Gasteiger partial charge in [0.1, 0.15) is 6.10 Å². The van der Waals surface area contributed by atoms with Gasteiger partial charge in [-0.25, -0.2) is 0 Å². The zero-order valence-corrected chi connectivity index (χ0v) is 10.8. The van der Waals surface area contributed by atoms with Crippen LogP contribution in [0.15, 0.2) is 0 Å². The van der Waals surface area contributed by atoms with E-state index in [4.69, 9.17) is 14.6 Å². The summed E-state index contributed by atoms with van der Waals surface area (Å²) in [6, 6.07) is 0. The van der Waals surface area contributed by atoms with Crippen molar-refractivity contribution in [3.63, 3.8) is 0 Å². The molecule has 0 aliphatic heterocycles. The van der Waals surface area contributed by atoms with Gasteiger partial charge in [-0.15, -0.1) is 0 Å². The number of carboxylic acids is 1. The van der Waals surface area contributed by atoms with Crippen LogP contribution in [0.2, 0.25) is 0 Å². The normalized spacial score (nSPS) is 11.7. The Hall–Kier alpha value is -1.59. The Kier molecular flexibility index (Phi) is 8.61. The molecule has 6 nitrogen and oxygen atoms in total. The van der Waals surface area contributed by atoms with Crippen LogP contribution in [0.4, 0.5) is 0 Å². The van der Waals surface area contributed by atoms with E-state index in [1.54, 1.807) is 0 Å². The number of esters is 2. The van der Waals surface area contributed by atoms with Gasteiger partial charge in [0.25, 0.3) is 0 Å². The Balaban J connectivity index is 3.87. The Morgan fingerprint density at radius 3 is 2.22 bits per heavy atom. The van der Waals surface area contributed by atoms with Gasteiger partial charge in [0.2, 0.25) is 0 Å². The van der Waals surface area contributed by atoms with E-state index in [2.05, 4.69) is 0 Å². The molecular weight excluding hydrogens is 240 g/mol. The second-order valence-corrected chi connectivity index (χ2v) is 4.00. The SMILES string of the molecule is CC(=O)OCC[C@@H](CCCCC(=O)O)OC(C)=O. The lowest BCUT2D eigenvalue weighted by atomic mass is 10.1. The van der Waals surface area contributed by atoms with E-state index in [0.717, 1.165) is 0 Å². The molecule has 0 saturated heterocycles. The molecule has 0 radical (unpaired) electrons. The third-order valence-corrected chi connectivity index (χ3v) is 2.24. The molecule has 1 atom stereocenters. The number of aliphatic carboxylic acids is 1. The summed E-state index contributed by atoms with van der Waals surface area (Å²) in [5, 5.41) is 8.48. The van der Waals surface area contributed by atoms with Crippen LogP contribution in [-0.2, 0) is 23.9 Å². The predicted molar refractivity (Wildman–Crippen MR) is 62.9 cm³/mol. The van der Waals surface area contributed by atoms with Gasteiger partial charge in [0, 0.05) is 26.7 Å². The molecule has 18 heavy (non-hydrogen) atoms. The maximum atomic E-state index is 10.9. The van der Waals surface area contributed by atoms with E-state index >= 15 is 0 Å². The average Bonchev–Trinajstić information content (AvgIpc) is 2.22. The molecule has 0 aliphatic carbocycles. The van der Waals surface area contributed by atoms with Crippen molar-refractivity contribution in [2.45, 2.75) is 52.1 Å². The van der Waals surface area contributed by atoms with Crippen LogP contribution in [0.3, 0.4) is 0 Å². The molecule has 6 heteroatoms. The first-order valence-electron chi connectivity index (χ1n) is 5.94. The number of unbranched alkanes of at least 4 members (excludes halogenated alkanes) is 1. The average molecular weight is 260 g/mol. The molecular formula is C12H20O6. The molecule has 0 aromatic rings. The summed E-state index contributed by atoms with van der Waals surface area (Å²) in [6.07, 6.45) is 2.00. The van der Waals surface area contributed by atoms with Crippen molar-refractivity contribution >= 4 is 17.9 Å². The summed E-state index contributed by atoms with van der Waals surface area (Å²) in [5.41, 5.74) is 0. The van der Waals surface area contributed by atoms with Gasteiger partial charge in [0.15, 0.2) is 0 Å². The summed E-state index contributed by atoms with van der Waals surface area (Å²) in [4.78, 5) is 31.8. The molecule has 0 amide bonds. The summed E-state index contributed by atoms with van der Waals surface area (Å²) in [7, 11) is 0. The van der Waals surface area contributed by atoms with Crippen LogP contribution >= 0.6 is 0 Å². The number of hydrogen-bond donors (Lipinski definition) is 1. The molecule has 104 valence electrons. The highest BCUT2D eigenvalue weighted by molar-refractivity contribution is 5.67. The highest BCUT2D eigenvalue weighted by atomic mass is 16.6. The first-order chi connectivity index (χ1) is 8.41. The van der Waals surface area contributed by atoms with Gasteiger partial charge in [-0.05, 0) is 19.3 Å². The first kappa shape index (κ1) is 16.4. The van der Waals surface area contributed by atoms with Crippen LogP contribution < -0.4 is 0 Å². The van der Waals surface area contributed by atoms with Crippen molar-refractivity contribution in [1.82, 2.24) is 0 Å². The molecule has 0 saturated carbocycles. The number of carboxylic acid groups (broad SMARTS) is 1. The number of carbonyl (C=O) groups excluding carboxylic acids is 2. The summed E-state index contributed by atoms with van der Waals surface area (Å²) in [6.45, 7) is 2.83. The highest BCUT2D eigenvalue weighted by Gasteiger charge is 2.12. The minimum absolute atomic E-state index is 0.108. The van der Waals surface area contributed by atoms with Crippen molar-refractivity contribution in [3.8, 4) is 0 Å². The molecule has 0 heterocycles. The Morgan fingerprint density at radius 2 is 1.72 bits per heavy atom. The predicted octanol–water partition coefficient (Wildman–Crippen LogP) is 1.52. The topological polar surface area (TPSA) is 89.9 Å². The Bertz CT molecular complexity index is 286. The third-order valence-electron chi connectivity index (χ3n) is 2.24. The van der Waals surface area contributed by atoms with Gasteiger partial charge < -0.3 is 14.6 Å². The van der Waals surface area contributed by atoms with Crippen molar-refractivity contribution < 1.29 is 29.0 Å². The highest BCUT2D eigenvalue weighted by Crippen LogP contribution is 2.11. The van der Waals surface area contributed by atoms with E-state index in [0.29, 0.717) is 25.7 Å². The molecule has 0 aliphatic rings. The van der Waals surface area contributed by atoms with E-state index < -0.39 is 5.97 Å². The summed E-state index contributed by atoms with van der Waals surface area (Å²) >= 11 is 0. The lowest BCUT2D eigenvalue weighted by Crippen LogP contribution is -2.19. The van der Waals surface area contributed by atoms with E-state index in [1.165, 1.54) is 13.8 Å². The summed E-state index contributed by atoms with van der Waals surface area (Å²) in [5.74, 6) is -1.59. The van der Waals surface area contributed by atoms with Crippen LogP contribution in [0, 0.1) is 0 Å². The molecule has 0 spiro atoms. The molecule has 0 fully saturated rings.